The fourth-order valence-electron chi connectivity index (χ4n) is 2.93. The Kier molecular flexibility index (Phi) is 5.54. The van der Waals surface area contributed by atoms with E-state index in [2.05, 4.69) is 11.0 Å². The van der Waals surface area contributed by atoms with Gasteiger partial charge in [-0.25, -0.2) is 0 Å². The lowest BCUT2D eigenvalue weighted by Crippen LogP contribution is -2.48. The highest BCUT2D eigenvalue weighted by molar-refractivity contribution is 7.99. The van der Waals surface area contributed by atoms with Crippen LogP contribution in [-0.4, -0.2) is 49.9 Å². The summed E-state index contributed by atoms with van der Waals surface area (Å²) in [6, 6.07) is 0.120. The van der Waals surface area contributed by atoms with Gasteiger partial charge in [0.15, 0.2) is 0 Å². The highest BCUT2D eigenvalue weighted by Crippen LogP contribution is 2.29. The van der Waals surface area contributed by atoms with Gasteiger partial charge < -0.3 is 5.73 Å². The van der Waals surface area contributed by atoms with Gasteiger partial charge in [0, 0.05) is 24.4 Å². The third-order valence-corrected chi connectivity index (χ3v) is 7.05. The summed E-state index contributed by atoms with van der Waals surface area (Å²) in [7, 11) is -3.30. The second-order valence-electron chi connectivity index (χ2n) is 5.57. The van der Waals surface area contributed by atoms with Crippen molar-refractivity contribution in [1.29, 1.82) is 0 Å². The van der Waals surface area contributed by atoms with E-state index >= 15 is 0 Å². The summed E-state index contributed by atoms with van der Waals surface area (Å²) in [6.07, 6.45) is 6.90. The number of hydrogen-bond acceptors (Lipinski definition) is 4. The largest absolute Gasteiger partial charge is 0.330 e. The standard InChI is InChI=1S/C12H25N3O2S2/c1-18-12-3-2-11(8-12)14-19(16,17)15-6-4-10(9-13)5-7-15/h10-12,14H,2-9,13H2,1H3. The van der Waals surface area contributed by atoms with Crippen molar-refractivity contribution in [3.05, 3.63) is 0 Å². The van der Waals surface area contributed by atoms with Crippen LogP contribution < -0.4 is 10.5 Å². The molecule has 0 aromatic heterocycles. The van der Waals surface area contributed by atoms with E-state index in [0.717, 1.165) is 32.1 Å². The second-order valence-corrected chi connectivity index (χ2v) is 8.41. The van der Waals surface area contributed by atoms with Crippen LogP contribution in [0, 0.1) is 5.92 Å². The van der Waals surface area contributed by atoms with E-state index < -0.39 is 10.2 Å². The molecule has 0 aromatic rings. The molecule has 1 aliphatic carbocycles. The smallest absolute Gasteiger partial charge is 0.279 e. The summed E-state index contributed by atoms with van der Waals surface area (Å²) in [5, 5.41) is 0.607. The van der Waals surface area contributed by atoms with Crippen LogP contribution in [-0.2, 0) is 10.2 Å². The molecule has 0 amide bonds. The van der Waals surface area contributed by atoms with Gasteiger partial charge in [-0.15, -0.1) is 0 Å². The van der Waals surface area contributed by atoms with Gasteiger partial charge in [-0.1, -0.05) is 0 Å². The molecule has 1 saturated heterocycles. The van der Waals surface area contributed by atoms with Crippen molar-refractivity contribution in [1.82, 2.24) is 9.03 Å². The molecule has 2 fully saturated rings. The molecule has 5 nitrogen and oxygen atoms in total. The number of rotatable bonds is 5. The molecule has 0 bridgehead atoms. The van der Waals surface area contributed by atoms with E-state index in [0.29, 0.717) is 30.8 Å². The van der Waals surface area contributed by atoms with Crippen molar-refractivity contribution in [2.24, 2.45) is 11.7 Å². The molecule has 7 heteroatoms. The van der Waals surface area contributed by atoms with E-state index in [1.54, 1.807) is 4.31 Å². The number of piperidine rings is 1. The molecule has 2 aliphatic rings. The zero-order valence-corrected chi connectivity index (χ0v) is 13.2. The lowest BCUT2D eigenvalue weighted by molar-refractivity contribution is 0.274. The van der Waals surface area contributed by atoms with Crippen molar-refractivity contribution < 1.29 is 8.42 Å². The first-order valence-corrected chi connectivity index (χ1v) is 9.78. The van der Waals surface area contributed by atoms with Gasteiger partial charge in [0.1, 0.15) is 0 Å². The summed E-state index contributed by atoms with van der Waals surface area (Å²) in [5.41, 5.74) is 5.63. The minimum Gasteiger partial charge on any atom is -0.330 e. The van der Waals surface area contributed by atoms with Crippen molar-refractivity contribution in [3.63, 3.8) is 0 Å². The fourth-order valence-corrected chi connectivity index (χ4v) is 5.20. The average molecular weight is 307 g/mol. The molecule has 1 heterocycles. The number of nitrogens with one attached hydrogen (secondary N) is 1. The normalized spacial score (nSPS) is 30.8. The van der Waals surface area contributed by atoms with Crippen LogP contribution >= 0.6 is 11.8 Å². The van der Waals surface area contributed by atoms with Gasteiger partial charge in [-0.3, -0.25) is 0 Å². The van der Waals surface area contributed by atoms with E-state index in [1.165, 1.54) is 0 Å². The number of nitrogens with two attached hydrogens (primary N) is 1. The number of thioether (sulfide) groups is 1. The van der Waals surface area contributed by atoms with Crippen molar-refractivity contribution in [3.8, 4) is 0 Å². The summed E-state index contributed by atoms with van der Waals surface area (Å²) in [5.74, 6) is 0.485. The Labute approximate surface area is 120 Å². The molecule has 1 aliphatic heterocycles. The van der Waals surface area contributed by atoms with E-state index in [-0.39, 0.29) is 6.04 Å². The van der Waals surface area contributed by atoms with Crippen LogP contribution in [0.15, 0.2) is 0 Å². The molecule has 19 heavy (non-hydrogen) atoms. The Hall–Kier alpha value is 0.180. The quantitative estimate of drug-likeness (QED) is 0.787. The molecule has 2 atom stereocenters. The molecular formula is C12H25N3O2S2. The maximum Gasteiger partial charge on any atom is 0.279 e. The zero-order valence-electron chi connectivity index (χ0n) is 11.5. The minimum absolute atomic E-state index is 0.120. The molecule has 1 saturated carbocycles. The van der Waals surface area contributed by atoms with Gasteiger partial charge in [0.2, 0.25) is 0 Å². The Balaban J connectivity index is 1.85. The fraction of sp³-hybridized carbons (Fsp3) is 1.00. The molecule has 0 radical (unpaired) electrons. The molecular weight excluding hydrogens is 282 g/mol. The monoisotopic (exact) mass is 307 g/mol. The predicted molar refractivity (Wildman–Crippen MR) is 80.3 cm³/mol. The predicted octanol–water partition coefficient (Wildman–Crippen LogP) is 0.776. The summed E-state index contributed by atoms with van der Waals surface area (Å²) in [4.78, 5) is 0. The summed E-state index contributed by atoms with van der Waals surface area (Å²) in [6.45, 7) is 1.88. The first-order valence-electron chi connectivity index (χ1n) is 7.05. The molecule has 2 unspecified atom stereocenters. The minimum atomic E-state index is -3.30. The van der Waals surface area contributed by atoms with E-state index in [4.69, 9.17) is 5.73 Å². The van der Waals surface area contributed by atoms with Crippen LogP contribution in [0.1, 0.15) is 32.1 Å². The third kappa shape index (κ3) is 4.07. The molecule has 112 valence electrons. The Morgan fingerprint density at radius 2 is 1.95 bits per heavy atom. The van der Waals surface area contributed by atoms with Gasteiger partial charge >= 0.3 is 0 Å². The van der Waals surface area contributed by atoms with Gasteiger partial charge in [-0.2, -0.15) is 29.2 Å². The van der Waals surface area contributed by atoms with Crippen LogP contribution in [0.2, 0.25) is 0 Å². The zero-order chi connectivity index (χ0) is 13.9. The molecule has 0 aromatic carbocycles. The first-order chi connectivity index (χ1) is 9.05. The Bertz CT molecular complexity index is 380. The van der Waals surface area contributed by atoms with Crippen molar-refractivity contribution >= 4 is 22.0 Å². The molecule has 3 N–H and O–H groups in total. The van der Waals surface area contributed by atoms with Crippen LogP contribution in [0.3, 0.4) is 0 Å². The lowest BCUT2D eigenvalue weighted by atomic mass is 9.99. The highest BCUT2D eigenvalue weighted by atomic mass is 32.2. The van der Waals surface area contributed by atoms with Crippen LogP contribution in [0.25, 0.3) is 0 Å². The maximum absolute atomic E-state index is 12.3. The molecule has 0 spiro atoms. The Morgan fingerprint density at radius 1 is 1.26 bits per heavy atom. The maximum atomic E-state index is 12.3. The Morgan fingerprint density at radius 3 is 2.47 bits per heavy atom. The van der Waals surface area contributed by atoms with Crippen LogP contribution in [0.5, 0.6) is 0 Å². The van der Waals surface area contributed by atoms with Gasteiger partial charge in [0.05, 0.1) is 0 Å². The lowest BCUT2D eigenvalue weighted by Gasteiger charge is -2.31. The highest BCUT2D eigenvalue weighted by Gasteiger charge is 2.32. The SMILES string of the molecule is CSC1CCC(NS(=O)(=O)N2CCC(CN)CC2)C1. The second kappa shape index (κ2) is 6.76. The van der Waals surface area contributed by atoms with Crippen molar-refractivity contribution in [2.75, 3.05) is 25.9 Å². The summed E-state index contributed by atoms with van der Waals surface area (Å²) >= 11 is 1.84. The van der Waals surface area contributed by atoms with Crippen LogP contribution in [0.4, 0.5) is 0 Å². The van der Waals surface area contributed by atoms with Gasteiger partial charge in [0.25, 0.3) is 10.2 Å². The van der Waals surface area contributed by atoms with Crippen molar-refractivity contribution in [2.45, 2.75) is 43.4 Å². The van der Waals surface area contributed by atoms with E-state index in [1.807, 2.05) is 11.8 Å². The topological polar surface area (TPSA) is 75.4 Å². The van der Waals surface area contributed by atoms with E-state index in [9.17, 15) is 8.42 Å². The first kappa shape index (κ1) is 15.6. The average Bonchev–Trinajstić information content (AvgIpc) is 2.85. The molecule has 2 rings (SSSR count). The summed E-state index contributed by atoms with van der Waals surface area (Å²) < 4.78 is 29.1. The number of nitrogens with zero attached hydrogens (tertiary/aromatic N) is 1. The van der Waals surface area contributed by atoms with Gasteiger partial charge in [-0.05, 0) is 50.8 Å². The number of hydrogen-bond donors (Lipinski definition) is 2. The third-order valence-electron chi connectivity index (χ3n) is 4.28.